The highest BCUT2D eigenvalue weighted by Gasteiger charge is 2.23. The molecule has 2 atom stereocenters. The molecule has 2 N–H and O–H groups in total. The lowest BCUT2D eigenvalue weighted by Gasteiger charge is -2.37. The number of rotatable bonds is 8. The lowest BCUT2D eigenvalue weighted by molar-refractivity contribution is -0.0165. The maximum atomic E-state index is 5.76. The third-order valence-electron chi connectivity index (χ3n) is 4.53. The molecule has 0 bridgehead atoms. The predicted octanol–water partition coefficient (Wildman–Crippen LogP) is 2.66. The fourth-order valence-corrected chi connectivity index (χ4v) is 3.04. The van der Waals surface area contributed by atoms with E-state index in [4.69, 9.17) is 14.5 Å². The molecule has 7 heteroatoms. The molecule has 0 amide bonds. The smallest absolute Gasteiger partial charge is 0.191 e. The summed E-state index contributed by atoms with van der Waals surface area (Å²) in [6, 6.07) is 8.96. The number of nitrogens with one attached hydrogen (secondary N) is 2. The van der Waals surface area contributed by atoms with E-state index in [2.05, 4.69) is 55.4 Å². The van der Waals surface area contributed by atoms with Crippen LogP contribution in [0.1, 0.15) is 26.3 Å². The van der Waals surface area contributed by atoms with Crippen LogP contribution in [0, 0.1) is 6.92 Å². The Morgan fingerprint density at radius 1 is 1.33 bits per heavy atom. The molecular weight excluding hydrogens is 455 g/mol. The van der Waals surface area contributed by atoms with Crippen LogP contribution >= 0.6 is 24.0 Å². The molecule has 27 heavy (non-hydrogen) atoms. The van der Waals surface area contributed by atoms with E-state index in [-0.39, 0.29) is 24.0 Å². The van der Waals surface area contributed by atoms with E-state index in [9.17, 15) is 0 Å². The number of morpholine rings is 1. The van der Waals surface area contributed by atoms with Crippen molar-refractivity contribution in [3.05, 3.63) is 29.8 Å². The highest BCUT2D eigenvalue weighted by Crippen LogP contribution is 2.11. The van der Waals surface area contributed by atoms with Crippen molar-refractivity contribution in [2.45, 2.75) is 39.8 Å². The molecule has 0 aliphatic carbocycles. The lowest BCUT2D eigenvalue weighted by Crippen LogP contribution is -2.49. The summed E-state index contributed by atoms with van der Waals surface area (Å²) < 4.78 is 11.3. The van der Waals surface area contributed by atoms with Crippen molar-refractivity contribution >= 4 is 29.9 Å². The lowest BCUT2D eigenvalue weighted by atomic mass is 10.2. The number of benzene rings is 1. The zero-order valence-corrected chi connectivity index (χ0v) is 19.4. The van der Waals surface area contributed by atoms with Gasteiger partial charge in [0.2, 0.25) is 0 Å². The van der Waals surface area contributed by atoms with Gasteiger partial charge in [-0.3, -0.25) is 9.89 Å². The third-order valence-corrected chi connectivity index (χ3v) is 4.53. The first kappa shape index (κ1) is 24.0. The van der Waals surface area contributed by atoms with Gasteiger partial charge in [-0.1, -0.05) is 17.7 Å². The second-order valence-corrected chi connectivity index (χ2v) is 6.82. The second-order valence-electron chi connectivity index (χ2n) is 6.82. The normalized spacial score (nSPS) is 19.1. The predicted molar refractivity (Wildman–Crippen MR) is 123 cm³/mol. The Morgan fingerprint density at radius 2 is 2.07 bits per heavy atom. The fraction of sp³-hybridized carbons (Fsp3) is 0.650. The topological polar surface area (TPSA) is 58.1 Å². The van der Waals surface area contributed by atoms with E-state index >= 15 is 0 Å². The van der Waals surface area contributed by atoms with Gasteiger partial charge in [-0.2, -0.15) is 0 Å². The maximum absolute atomic E-state index is 5.76. The number of halogens is 1. The van der Waals surface area contributed by atoms with Crippen LogP contribution in [0.25, 0.3) is 0 Å². The zero-order valence-electron chi connectivity index (χ0n) is 17.0. The molecule has 0 aromatic heterocycles. The van der Waals surface area contributed by atoms with Crippen molar-refractivity contribution in [2.75, 3.05) is 46.0 Å². The van der Waals surface area contributed by atoms with Gasteiger partial charge in [0.1, 0.15) is 12.4 Å². The van der Waals surface area contributed by atoms with Gasteiger partial charge in [0.05, 0.1) is 26.3 Å². The Balaban J connectivity index is 0.00000364. The van der Waals surface area contributed by atoms with Crippen LogP contribution in [-0.2, 0) is 4.74 Å². The molecule has 1 heterocycles. The van der Waals surface area contributed by atoms with Crippen LogP contribution in [0.4, 0.5) is 0 Å². The standard InChI is InChI=1S/C20H34N4O2.HI/c1-5-21-20(22-10-12-26-19-8-6-16(2)7-9-19)23-14-17(3)24-11-13-25-15-18(24)4;/h6-9,17-18H,5,10-15H2,1-4H3,(H2,21,22,23);1H. The number of hydrogen-bond donors (Lipinski definition) is 2. The second kappa shape index (κ2) is 13.2. The minimum Gasteiger partial charge on any atom is -0.492 e. The Kier molecular flexibility index (Phi) is 11.7. The van der Waals surface area contributed by atoms with Gasteiger partial charge in [0.25, 0.3) is 0 Å². The Bertz CT molecular complexity index is 553. The van der Waals surface area contributed by atoms with Crippen LogP contribution in [0.15, 0.2) is 29.3 Å². The SMILES string of the molecule is CCNC(=NCC(C)N1CCOCC1C)NCCOc1ccc(C)cc1.I. The molecule has 0 spiro atoms. The van der Waals surface area contributed by atoms with Crippen molar-refractivity contribution in [3.63, 3.8) is 0 Å². The summed E-state index contributed by atoms with van der Waals surface area (Å²) in [4.78, 5) is 7.20. The first-order chi connectivity index (χ1) is 12.6. The van der Waals surface area contributed by atoms with Crippen molar-refractivity contribution in [3.8, 4) is 5.75 Å². The van der Waals surface area contributed by atoms with Crippen LogP contribution in [0.3, 0.4) is 0 Å². The summed E-state index contributed by atoms with van der Waals surface area (Å²) in [6.45, 7) is 14.1. The van der Waals surface area contributed by atoms with Gasteiger partial charge in [0, 0.05) is 25.2 Å². The molecule has 6 nitrogen and oxygen atoms in total. The highest BCUT2D eigenvalue weighted by molar-refractivity contribution is 14.0. The summed E-state index contributed by atoms with van der Waals surface area (Å²) in [5.74, 6) is 1.74. The first-order valence-electron chi connectivity index (χ1n) is 9.65. The van der Waals surface area contributed by atoms with Crippen molar-refractivity contribution < 1.29 is 9.47 Å². The van der Waals surface area contributed by atoms with Crippen molar-refractivity contribution in [1.29, 1.82) is 0 Å². The summed E-state index contributed by atoms with van der Waals surface area (Å²) in [5, 5.41) is 6.64. The van der Waals surface area contributed by atoms with Gasteiger partial charge in [-0.15, -0.1) is 24.0 Å². The van der Waals surface area contributed by atoms with Crippen molar-refractivity contribution in [1.82, 2.24) is 15.5 Å². The summed E-state index contributed by atoms with van der Waals surface area (Å²) in [5.41, 5.74) is 1.24. The van der Waals surface area contributed by atoms with E-state index in [0.29, 0.717) is 25.2 Å². The van der Waals surface area contributed by atoms with Gasteiger partial charge in [0.15, 0.2) is 5.96 Å². The van der Waals surface area contributed by atoms with Gasteiger partial charge in [-0.05, 0) is 39.8 Å². The number of guanidine groups is 1. The minimum absolute atomic E-state index is 0. The molecule has 2 unspecified atom stereocenters. The molecule has 1 fully saturated rings. The molecule has 154 valence electrons. The molecule has 1 saturated heterocycles. The molecule has 0 saturated carbocycles. The molecule has 2 rings (SSSR count). The number of aryl methyl sites for hydroxylation is 1. The molecule has 1 aliphatic rings. The average molecular weight is 490 g/mol. The third kappa shape index (κ3) is 8.66. The quantitative estimate of drug-likeness (QED) is 0.254. The molecular formula is C20H35IN4O2. The molecule has 1 aromatic rings. The monoisotopic (exact) mass is 490 g/mol. The van der Waals surface area contributed by atoms with Crippen LogP contribution < -0.4 is 15.4 Å². The number of ether oxygens (including phenoxy) is 2. The summed E-state index contributed by atoms with van der Waals surface area (Å²) in [7, 11) is 0. The summed E-state index contributed by atoms with van der Waals surface area (Å²) in [6.07, 6.45) is 0. The number of aliphatic imine (C=N–C) groups is 1. The molecule has 1 aromatic carbocycles. The van der Waals surface area contributed by atoms with Crippen molar-refractivity contribution in [2.24, 2.45) is 4.99 Å². The zero-order chi connectivity index (χ0) is 18.8. The van der Waals surface area contributed by atoms with Gasteiger partial charge in [-0.25, -0.2) is 0 Å². The fourth-order valence-electron chi connectivity index (χ4n) is 3.04. The van der Waals surface area contributed by atoms with Crippen LogP contribution in [0.2, 0.25) is 0 Å². The number of hydrogen-bond acceptors (Lipinski definition) is 4. The van der Waals surface area contributed by atoms with Gasteiger partial charge >= 0.3 is 0 Å². The van der Waals surface area contributed by atoms with Crippen LogP contribution in [0.5, 0.6) is 5.75 Å². The van der Waals surface area contributed by atoms with E-state index in [0.717, 1.165) is 44.6 Å². The Hall–Kier alpha value is -1.06. The summed E-state index contributed by atoms with van der Waals surface area (Å²) >= 11 is 0. The Morgan fingerprint density at radius 3 is 2.74 bits per heavy atom. The minimum atomic E-state index is 0. The number of nitrogens with zero attached hydrogens (tertiary/aromatic N) is 2. The largest absolute Gasteiger partial charge is 0.492 e. The average Bonchev–Trinajstić information content (AvgIpc) is 2.64. The van der Waals surface area contributed by atoms with E-state index in [1.165, 1.54) is 5.56 Å². The highest BCUT2D eigenvalue weighted by atomic mass is 127. The molecule has 0 radical (unpaired) electrons. The Labute approximate surface area is 181 Å². The van der Waals surface area contributed by atoms with E-state index < -0.39 is 0 Å². The first-order valence-corrected chi connectivity index (χ1v) is 9.65. The molecule has 1 aliphatic heterocycles. The maximum Gasteiger partial charge on any atom is 0.191 e. The van der Waals surface area contributed by atoms with E-state index in [1.807, 2.05) is 12.1 Å². The van der Waals surface area contributed by atoms with E-state index in [1.54, 1.807) is 0 Å². The van der Waals surface area contributed by atoms with Crippen LogP contribution in [-0.4, -0.2) is 68.9 Å². The van der Waals surface area contributed by atoms with Gasteiger partial charge < -0.3 is 20.1 Å².